The number of aromatic hydroxyl groups is 1. The maximum atomic E-state index is 13.8. The van der Waals surface area contributed by atoms with Gasteiger partial charge in [0.25, 0.3) is 5.91 Å². The van der Waals surface area contributed by atoms with Gasteiger partial charge in [-0.2, -0.15) is 5.43 Å². The van der Waals surface area contributed by atoms with Crippen LogP contribution in [0.3, 0.4) is 0 Å². The van der Waals surface area contributed by atoms with E-state index >= 15 is 0 Å². The number of nitrogens with zero attached hydrogens (tertiary/aromatic N) is 2. The molecule has 0 aromatic heterocycles. The van der Waals surface area contributed by atoms with Crippen LogP contribution >= 0.6 is 0 Å². The summed E-state index contributed by atoms with van der Waals surface area (Å²) in [6, 6.07) is 26.1. The third-order valence-electron chi connectivity index (χ3n) is 5.66. The highest BCUT2D eigenvalue weighted by Gasteiger charge is 2.36. The number of hydrogen-bond acceptors (Lipinski definition) is 4. The number of benzene rings is 3. The second kappa shape index (κ2) is 10.1. The van der Waals surface area contributed by atoms with Gasteiger partial charge in [0.15, 0.2) is 0 Å². The molecule has 0 unspecified atom stereocenters. The van der Waals surface area contributed by atoms with Gasteiger partial charge in [0, 0.05) is 18.4 Å². The zero-order valence-electron chi connectivity index (χ0n) is 18.7. The Kier molecular flexibility index (Phi) is 6.85. The van der Waals surface area contributed by atoms with Crippen molar-refractivity contribution in [3.05, 3.63) is 114 Å². The standard InChI is InChI=1S/C27H26N4O3/c28-25(33)16-13-23-18-31(19-29-23,17-20-11-14-24(32)15-12-20)30-27(34)26(21-7-3-1-4-8-21)22-9-5-2-6-10-22/h1-12,14-15,18-19,26H,13,16-17H2,(H3-,28,30,32,33,34)/p+1/t31-/m0/s1. The Hall–Kier alpha value is -4.23. The Balaban J connectivity index is 1.67. The lowest BCUT2D eigenvalue weighted by Crippen LogP contribution is -2.55. The minimum absolute atomic E-state index is 0.0477. The molecule has 7 heteroatoms. The van der Waals surface area contributed by atoms with E-state index in [0.717, 1.165) is 16.7 Å². The highest BCUT2D eigenvalue weighted by atomic mass is 16.3. The molecule has 1 aliphatic heterocycles. The molecule has 7 nitrogen and oxygen atoms in total. The van der Waals surface area contributed by atoms with Crippen LogP contribution in [0, 0.1) is 0 Å². The summed E-state index contributed by atoms with van der Waals surface area (Å²) in [6.45, 7) is 0.381. The first-order valence-corrected chi connectivity index (χ1v) is 11.1. The van der Waals surface area contributed by atoms with Crippen molar-refractivity contribution in [1.29, 1.82) is 0 Å². The maximum absolute atomic E-state index is 13.8. The molecule has 0 spiro atoms. The summed E-state index contributed by atoms with van der Waals surface area (Å²) in [5, 5.41) is 9.66. The van der Waals surface area contributed by atoms with Crippen LogP contribution in [0.15, 0.2) is 102 Å². The van der Waals surface area contributed by atoms with E-state index < -0.39 is 11.8 Å². The number of nitrogens with one attached hydrogen (secondary N) is 1. The zero-order chi connectivity index (χ0) is 24.0. The van der Waals surface area contributed by atoms with Crippen molar-refractivity contribution in [1.82, 2.24) is 5.43 Å². The summed E-state index contributed by atoms with van der Waals surface area (Å²) in [6.07, 6.45) is 4.06. The second-order valence-electron chi connectivity index (χ2n) is 8.32. The van der Waals surface area contributed by atoms with Gasteiger partial charge in [-0.25, -0.2) is 4.99 Å². The number of nitrogens with two attached hydrogens (primary N) is 1. The lowest BCUT2D eigenvalue weighted by atomic mass is 9.91. The van der Waals surface area contributed by atoms with Crippen LogP contribution in [0.5, 0.6) is 5.75 Å². The number of amides is 2. The minimum Gasteiger partial charge on any atom is -0.508 e. The Bertz CT molecular complexity index is 1170. The third kappa shape index (κ3) is 5.57. The molecule has 1 atom stereocenters. The van der Waals surface area contributed by atoms with Crippen molar-refractivity contribution < 1.29 is 19.3 Å². The molecule has 0 aliphatic carbocycles. The average Bonchev–Trinajstić information content (AvgIpc) is 3.23. The number of phenols is 1. The zero-order valence-corrected chi connectivity index (χ0v) is 18.7. The predicted octanol–water partition coefficient (Wildman–Crippen LogP) is 3.72. The van der Waals surface area contributed by atoms with Crippen molar-refractivity contribution >= 4 is 18.2 Å². The van der Waals surface area contributed by atoms with Gasteiger partial charge in [0.2, 0.25) is 12.2 Å². The normalized spacial score (nSPS) is 16.9. The predicted molar refractivity (Wildman–Crippen MR) is 130 cm³/mol. The van der Waals surface area contributed by atoms with E-state index in [4.69, 9.17) is 5.73 Å². The summed E-state index contributed by atoms with van der Waals surface area (Å²) in [4.78, 5) is 29.5. The summed E-state index contributed by atoms with van der Waals surface area (Å²) >= 11 is 0. The van der Waals surface area contributed by atoms with E-state index in [1.54, 1.807) is 30.6 Å². The van der Waals surface area contributed by atoms with E-state index in [2.05, 4.69) is 10.4 Å². The Morgan fingerprint density at radius 3 is 2.06 bits per heavy atom. The number of rotatable bonds is 9. The largest absolute Gasteiger partial charge is 0.508 e. The van der Waals surface area contributed by atoms with Gasteiger partial charge in [0.1, 0.15) is 24.2 Å². The number of carbonyl (C=O) groups excluding carboxylic acids is 2. The van der Waals surface area contributed by atoms with Gasteiger partial charge >= 0.3 is 0 Å². The quantitative estimate of drug-likeness (QED) is 0.428. The Labute approximate surface area is 198 Å². The molecular weight excluding hydrogens is 428 g/mol. The summed E-state index contributed by atoms with van der Waals surface area (Å²) < 4.78 is -0.0477. The summed E-state index contributed by atoms with van der Waals surface area (Å²) in [7, 11) is 0. The lowest BCUT2D eigenvalue weighted by molar-refractivity contribution is -0.832. The fourth-order valence-corrected chi connectivity index (χ4v) is 4.04. The molecule has 0 saturated heterocycles. The minimum atomic E-state index is -0.520. The fraction of sp³-hybridized carbons (Fsp3) is 0.148. The third-order valence-corrected chi connectivity index (χ3v) is 5.66. The van der Waals surface area contributed by atoms with E-state index in [9.17, 15) is 14.7 Å². The molecule has 2 amide bonds. The Morgan fingerprint density at radius 2 is 1.50 bits per heavy atom. The smallest absolute Gasteiger partial charge is 0.277 e. The fourth-order valence-electron chi connectivity index (χ4n) is 4.04. The molecular formula is C27H27N4O3+. The van der Waals surface area contributed by atoms with Gasteiger partial charge in [-0.3, -0.25) is 9.59 Å². The van der Waals surface area contributed by atoms with Crippen molar-refractivity contribution in [2.45, 2.75) is 25.3 Å². The SMILES string of the molecule is NC(=O)CCC1=C[N@+](Cc2ccc(O)cc2)(NC(=O)C(c2ccccc2)c2ccccc2)C=N1. The first kappa shape index (κ1) is 22.9. The van der Waals surface area contributed by atoms with E-state index in [1.165, 1.54) is 0 Å². The summed E-state index contributed by atoms with van der Waals surface area (Å²) in [5.41, 5.74) is 11.8. The van der Waals surface area contributed by atoms with Crippen LogP contribution in [-0.4, -0.2) is 27.9 Å². The average molecular weight is 456 g/mol. The molecule has 0 fully saturated rings. The number of aliphatic imine (C=N–C) groups is 1. The number of allylic oxidation sites excluding steroid dienone is 1. The van der Waals surface area contributed by atoms with E-state index in [0.29, 0.717) is 18.7 Å². The first-order valence-electron chi connectivity index (χ1n) is 11.1. The van der Waals surface area contributed by atoms with Crippen LogP contribution in [0.4, 0.5) is 0 Å². The molecule has 3 aromatic rings. The van der Waals surface area contributed by atoms with Gasteiger partial charge < -0.3 is 10.8 Å². The van der Waals surface area contributed by atoms with Crippen LogP contribution in [-0.2, 0) is 16.1 Å². The van der Waals surface area contributed by atoms with Crippen LogP contribution in [0.1, 0.15) is 35.4 Å². The molecule has 1 heterocycles. The molecule has 172 valence electrons. The number of primary amides is 1. The molecule has 3 aromatic carbocycles. The summed E-state index contributed by atoms with van der Waals surface area (Å²) in [5.74, 6) is -0.944. The Morgan fingerprint density at radius 1 is 0.912 bits per heavy atom. The first-order chi connectivity index (χ1) is 16.4. The van der Waals surface area contributed by atoms with Gasteiger partial charge in [0.05, 0.1) is 5.92 Å². The molecule has 0 bridgehead atoms. The van der Waals surface area contributed by atoms with Crippen molar-refractivity contribution in [3.63, 3.8) is 0 Å². The van der Waals surface area contributed by atoms with Gasteiger partial charge in [-0.05, 0) is 35.4 Å². The van der Waals surface area contributed by atoms with Crippen LogP contribution in [0.25, 0.3) is 0 Å². The topological polar surface area (TPSA) is 105 Å². The molecule has 0 radical (unpaired) electrons. The molecule has 34 heavy (non-hydrogen) atoms. The van der Waals surface area contributed by atoms with Crippen LogP contribution in [0.2, 0.25) is 0 Å². The van der Waals surface area contributed by atoms with E-state index in [1.807, 2.05) is 66.9 Å². The second-order valence-corrected chi connectivity index (χ2v) is 8.32. The lowest BCUT2D eigenvalue weighted by Gasteiger charge is -2.29. The maximum Gasteiger partial charge on any atom is 0.277 e. The van der Waals surface area contributed by atoms with Gasteiger partial charge in [-0.15, -0.1) is 4.59 Å². The van der Waals surface area contributed by atoms with E-state index in [-0.39, 0.29) is 22.7 Å². The van der Waals surface area contributed by atoms with Crippen molar-refractivity contribution in [2.24, 2.45) is 10.7 Å². The highest BCUT2D eigenvalue weighted by Crippen LogP contribution is 2.28. The van der Waals surface area contributed by atoms with Crippen molar-refractivity contribution in [2.75, 3.05) is 0 Å². The molecule has 0 saturated carbocycles. The molecule has 4 N–H and O–H groups in total. The number of quaternary nitrogens is 1. The monoisotopic (exact) mass is 455 g/mol. The van der Waals surface area contributed by atoms with Gasteiger partial charge in [-0.1, -0.05) is 60.7 Å². The highest BCUT2D eigenvalue weighted by molar-refractivity contribution is 5.87. The molecule has 1 aliphatic rings. The van der Waals surface area contributed by atoms with Crippen LogP contribution < -0.4 is 11.2 Å². The molecule has 4 rings (SSSR count). The number of hydrogen-bond donors (Lipinski definition) is 3. The number of phenolic OH excluding ortho intramolecular Hbond substituents is 1. The van der Waals surface area contributed by atoms with Crippen molar-refractivity contribution in [3.8, 4) is 5.75 Å². The number of carbonyl (C=O) groups is 2.